The third-order valence-electron chi connectivity index (χ3n) is 3.34. The van der Waals surface area contributed by atoms with E-state index in [0.29, 0.717) is 12.0 Å². The van der Waals surface area contributed by atoms with Crippen molar-refractivity contribution < 1.29 is 0 Å². The zero-order valence-electron chi connectivity index (χ0n) is 11.9. The summed E-state index contributed by atoms with van der Waals surface area (Å²) in [5.41, 5.74) is 1.34. The Hall–Kier alpha value is -1.68. The number of aromatic nitrogens is 3. The summed E-state index contributed by atoms with van der Waals surface area (Å²) in [6.45, 7) is 5.39. The molecule has 0 saturated heterocycles. The highest BCUT2D eigenvalue weighted by Crippen LogP contribution is 2.20. The third-order valence-corrected chi connectivity index (χ3v) is 3.34. The van der Waals surface area contributed by atoms with E-state index in [9.17, 15) is 0 Å². The van der Waals surface area contributed by atoms with Gasteiger partial charge in [-0.05, 0) is 11.5 Å². The molecule has 19 heavy (non-hydrogen) atoms. The third kappa shape index (κ3) is 3.64. The molecule has 4 nitrogen and oxygen atoms in total. The predicted molar refractivity (Wildman–Crippen MR) is 76.7 cm³/mol. The smallest absolute Gasteiger partial charge is 0.133 e. The van der Waals surface area contributed by atoms with Gasteiger partial charge in [-0.15, -0.1) is 10.2 Å². The number of aryl methyl sites for hydroxylation is 1. The molecule has 1 N–H and O–H groups in total. The summed E-state index contributed by atoms with van der Waals surface area (Å²) in [6, 6.07) is 11.0. The highest BCUT2D eigenvalue weighted by molar-refractivity contribution is 5.19. The molecular formula is C15H22N4. The van der Waals surface area contributed by atoms with Gasteiger partial charge in [-0.1, -0.05) is 44.2 Å². The normalized spacial score (nSPS) is 12.8. The van der Waals surface area contributed by atoms with Gasteiger partial charge in [0.1, 0.15) is 12.2 Å². The molecule has 0 saturated carbocycles. The van der Waals surface area contributed by atoms with Crippen molar-refractivity contribution in [1.82, 2.24) is 20.1 Å². The quantitative estimate of drug-likeness (QED) is 0.865. The average molecular weight is 258 g/mol. The van der Waals surface area contributed by atoms with Crippen LogP contribution in [0.25, 0.3) is 0 Å². The Bertz CT molecular complexity index is 490. The van der Waals surface area contributed by atoms with E-state index in [-0.39, 0.29) is 0 Å². The molecule has 0 spiro atoms. The summed E-state index contributed by atoms with van der Waals surface area (Å²) >= 11 is 0. The molecule has 102 valence electrons. The molecule has 4 heteroatoms. The topological polar surface area (TPSA) is 42.7 Å². The van der Waals surface area contributed by atoms with Gasteiger partial charge in [-0.2, -0.15) is 0 Å². The van der Waals surface area contributed by atoms with Crippen molar-refractivity contribution in [3.05, 3.63) is 48.0 Å². The van der Waals surface area contributed by atoms with E-state index in [1.54, 1.807) is 6.33 Å². The molecule has 0 fully saturated rings. The molecular weight excluding hydrogens is 236 g/mol. The van der Waals surface area contributed by atoms with E-state index in [1.165, 1.54) is 5.56 Å². The fourth-order valence-corrected chi connectivity index (χ4v) is 2.27. The van der Waals surface area contributed by atoms with Crippen LogP contribution in [0.5, 0.6) is 0 Å². The maximum absolute atomic E-state index is 4.10. The van der Waals surface area contributed by atoms with E-state index in [1.807, 2.05) is 11.6 Å². The van der Waals surface area contributed by atoms with Gasteiger partial charge in [-0.25, -0.2) is 0 Å². The largest absolute Gasteiger partial charge is 0.321 e. The Balaban J connectivity index is 1.93. The fourth-order valence-electron chi connectivity index (χ4n) is 2.27. The SMILES string of the molecule is CC(C)C(NCCc1nncn1C)c1ccccc1. The fraction of sp³-hybridized carbons (Fsp3) is 0.467. The molecule has 2 rings (SSSR count). The Morgan fingerprint density at radius 2 is 1.95 bits per heavy atom. The Kier molecular flexibility index (Phi) is 4.68. The summed E-state index contributed by atoms with van der Waals surface area (Å²) in [7, 11) is 1.98. The standard InChI is InChI=1S/C15H22N4/c1-12(2)15(13-7-5-4-6-8-13)16-10-9-14-18-17-11-19(14)3/h4-8,11-12,15-16H,9-10H2,1-3H3. The molecule has 1 unspecified atom stereocenters. The second kappa shape index (κ2) is 6.48. The van der Waals surface area contributed by atoms with Crippen molar-refractivity contribution in [1.29, 1.82) is 0 Å². The number of nitrogens with one attached hydrogen (secondary N) is 1. The maximum Gasteiger partial charge on any atom is 0.133 e. The lowest BCUT2D eigenvalue weighted by atomic mass is 9.96. The summed E-state index contributed by atoms with van der Waals surface area (Å²) < 4.78 is 1.97. The summed E-state index contributed by atoms with van der Waals surface area (Å²) in [6.07, 6.45) is 2.64. The van der Waals surface area contributed by atoms with E-state index < -0.39 is 0 Å². The molecule has 1 aromatic heterocycles. The number of hydrogen-bond acceptors (Lipinski definition) is 3. The van der Waals surface area contributed by atoms with Crippen LogP contribution in [-0.4, -0.2) is 21.3 Å². The molecule has 2 aromatic rings. The van der Waals surface area contributed by atoms with Gasteiger partial charge in [0.25, 0.3) is 0 Å². The van der Waals surface area contributed by atoms with Crippen LogP contribution in [0.2, 0.25) is 0 Å². The minimum atomic E-state index is 0.384. The zero-order chi connectivity index (χ0) is 13.7. The molecule has 0 aliphatic rings. The lowest BCUT2D eigenvalue weighted by Gasteiger charge is -2.23. The average Bonchev–Trinajstić information content (AvgIpc) is 2.81. The molecule has 1 aromatic carbocycles. The van der Waals surface area contributed by atoms with Crippen LogP contribution < -0.4 is 5.32 Å². The van der Waals surface area contributed by atoms with Gasteiger partial charge in [0, 0.05) is 26.1 Å². The first-order valence-corrected chi connectivity index (χ1v) is 6.79. The Morgan fingerprint density at radius 3 is 2.53 bits per heavy atom. The molecule has 0 aliphatic carbocycles. The van der Waals surface area contributed by atoms with Gasteiger partial charge in [0.05, 0.1) is 0 Å². The summed E-state index contributed by atoms with van der Waals surface area (Å²) in [5.74, 6) is 1.57. The van der Waals surface area contributed by atoms with Crippen molar-refractivity contribution in [2.45, 2.75) is 26.3 Å². The molecule has 0 radical (unpaired) electrons. The monoisotopic (exact) mass is 258 g/mol. The summed E-state index contributed by atoms with van der Waals surface area (Å²) in [5, 5.41) is 11.6. The van der Waals surface area contributed by atoms with Crippen molar-refractivity contribution in [2.75, 3.05) is 6.54 Å². The van der Waals surface area contributed by atoms with Crippen molar-refractivity contribution in [2.24, 2.45) is 13.0 Å². The first kappa shape index (κ1) is 13.7. The van der Waals surface area contributed by atoms with Crippen LogP contribution in [0.3, 0.4) is 0 Å². The van der Waals surface area contributed by atoms with Gasteiger partial charge >= 0.3 is 0 Å². The Labute approximate surface area is 114 Å². The van der Waals surface area contributed by atoms with Crippen LogP contribution in [-0.2, 0) is 13.5 Å². The second-order valence-electron chi connectivity index (χ2n) is 5.19. The van der Waals surface area contributed by atoms with Crippen molar-refractivity contribution >= 4 is 0 Å². The first-order valence-electron chi connectivity index (χ1n) is 6.79. The molecule has 1 heterocycles. The molecule has 0 amide bonds. The highest BCUT2D eigenvalue weighted by Gasteiger charge is 2.14. The number of rotatable bonds is 6. The Morgan fingerprint density at radius 1 is 1.21 bits per heavy atom. The zero-order valence-corrected chi connectivity index (χ0v) is 11.9. The van der Waals surface area contributed by atoms with Crippen LogP contribution in [0.15, 0.2) is 36.7 Å². The molecule has 0 bridgehead atoms. The van der Waals surface area contributed by atoms with Crippen molar-refractivity contribution in [3.63, 3.8) is 0 Å². The molecule has 1 atom stereocenters. The van der Waals surface area contributed by atoms with Crippen LogP contribution in [0, 0.1) is 5.92 Å². The van der Waals surface area contributed by atoms with E-state index in [4.69, 9.17) is 0 Å². The lowest BCUT2D eigenvalue weighted by Crippen LogP contribution is -2.28. The van der Waals surface area contributed by atoms with Gasteiger partial charge in [0.15, 0.2) is 0 Å². The highest BCUT2D eigenvalue weighted by atomic mass is 15.2. The van der Waals surface area contributed by atoms with Crippen LogP contribution >= 0.6 is 0 Å². The van der Waals surface area contributed by atoms with E-state index >= 15 is 0 Å². The van der Waals surface area contributed by atoms with Gasteiger partial charge in [0.2, 0.25) is 0 Å². The lowest BCUT2D eigenvalue weighted by molar-refractivity contribution is 0.412. The minimum Gasteiger partial charge on any atom is -0.321 e. The van der Waals surface area contributed by atoms with Gasteiger partial charge in [-0.3, -0.25) is 0 Å². The maximum atomic E-state index is 4.10. The molecule has 0 aliphatic heterocycles. The number of benzene rings is 1. The summed E-state index contributed by atoms with van der Waals surface area (Å²) in [4.78, 5) is 0. The number of hydrogen-bond donors (Lipinski definition) is 1. The minimum absolute atomic E-state index is 0.384. The van der Waals surface area contributed by atoms with E-state index in [0.717, 1.165) is 18.8 Å². The predicted octanol–water partition coefficient (Wildman–Crippen LogP) is 2.34. The van der Waals surface area contributed by atoms with E-state index in [2.05, 4.69) is 59.7 Å². The first-order chi connectivity index (χ1) is 9.18. The second-order valence-corrected chi connectivity index (χ2v) is 5.19. The number of nitrogens with zero attached hydrogens (tertiary/aromatic N) is 3. The van der Waals surface area contributed by atoms with Crippen molar-refractivity contribution in [3.8, 4) is 0 Å². The van der Waals surface area contributed by atoms with Crippen LogP contribution in [0.1, 0.15) is 31.3 Å². The van der Waals surface area contributed by atoms with Gasteiger partial charge < -0.3 is 9.88 Å². The van der Waals surface area contributed by atoms with Crippen LogP contribution in [0.4, 0.5) is 0 Å².